The minimum absolute atomic E-state index is 0.0182. The van der Waals surface area contributed by atoms with Gasteiger partial charge in [0.15, 0.2) is 0 Å². The summed E-state index contributed by atoms with van der Waals surface area (Å²) >= 11 is 0. The zero-order valence-corrected chi connectivity index (χ0v) is 19.5. The Bertz CT molecular complexity index is 849. The largest absolute Gasteiger partial charge is 0.444 e. The molecule has 0 aliphatic carbocycles. The lowest BCUT2D eigenvalue weighted by Crippen LogP contribution is -2.62. The number of carbonyl (C=O) groups is 1. The van der Waals surface area contributed by atoms with Crippen LogP contribution in [0.3, 0.4) is 0 Å². The van der Waals surface area contributed by atoms with Gasteiger partial charge in [0.2, 0.25) is 0 Å². The Morgan fingerprint density at radius 1 is 1.03 bits per heavy atom. The lowest BCUT2D eigenvalue weighted by atomic mass is 9.74. The molecule has 172 valence electrons. The van der Waals surface area contributed by atoms with Gasteiger partial charge in [-0.3, -0.25) is 4.90 Å². The highest BCUT2D eigenvalue weighted by Gasteiger charge is 2.49. The highest BCUT2D eigenvalue weighted by molar-refractivity contribution is 5.68. The summed E-state index contributed by atoms with van der Waals surface area (Å²) in [6, 6.07) is 21.3. The SMILES string of the molecule is CC(C)(C)OC(=O)N1CC2(CCCC1CO)CN(C(c1ccccc1)c1ccccc1)C2. The molecular weight excluding hydrogens is 400 g/mol. The van der Waals surface area contributed by atoms with Crippen molar-refractivity contribution in [1.29, 1.82) is 0 Å². The van der Waals surface area contributed by atoms with Crippen LogP contribution in [0, 0.1) is 5.41 Å². The van der Waals surface area contributed by atoms with E-state index >= 15 is 0 Å². The van der Waals surface area contributed by atoms with Gasteiger partial charge in [-0.15, -0.1) is 0 Å². The molecule has 32 heavy (non-hydrogen) atoms. The highest BCUT2D eigenvalue weighted by atomic mass is 16.6. The van der Waals surface area contributed by atoms with E-state index in [0.717, 1.165) is 32.4 Å². The molecule has 0 radical (unpaired) electrons. The van der Waals surface area contributed by atoms with Crippen LogP contribution >= 0.6 is 0 Å². The van der Waals surface area contributed by atoms with E-state index in [4.69, 9.17) is 4.74 Å². The number of amides is 1. The molecule has 0 saturated carbocycles. The van der Waals surface area contributed by atoms with Crippen LogP contribution in [-0.4, -0.2) is 58.9 Å². The van der Waals surface area contributed by atoms with Gasteiger partial charge in [0.25, 0.3) is 0 Å². The van der Waals surface area contributed by atoms with Crippen molar-refractivity contribution in [1.82, 2.24) is 9.80 Å². The number of aliphatic hydroxyl groups is 1. The van der Waals surface area contributed by atoms with Crippen LogP contribution in [0.5, 0.6) is 0 Å². The van der Waals surface area contributed by atoms with E-state index in [1.807, 2.05) is 20.8 Å². The van der Waals surface area contributed by atoms with Crippen molar-refractivity contribution in [3.8, 4) is 0 Å². The van der Waals surface area contributed by atoms with Gasteiger partial charge in [-0.25, -0.2) is 4.79 Å². The number of aliphatic hydroxyl groups excluding tert-OH is 1. The van der Waals surface area contributed by atoms with Crippen molar-refractivity contribution in [3.63, 3.8) is 0 Å². The Hall–Kier alpha value is -2.37. The second kappa shape index (κ2) is 9.24. The molecule has 2 saturated heterocycles. The molecule has 2 aromatic rings. The molecule has 0 bridgehead atoms. The molecule has 2 heterocycles. The van der Waals surface area contributed by atoms with Gasteiger partial charge in [0.1, 0.15) is 5.60 Å². The number of rotatable bonds is 4. The van der Waals surface area contributed by atoms with Crippen molar-refractivity contribution >= 4 is 6.09 Å². The van der Waals surface area contributed by atoms with E-state index in [0.29, 0.717) is 6.54 Å². The predicted molar refractivity (Wildman–Crippen MR) is 126 cm³/mol. The maximum Gasteiger partial charge on any atom is 0.410 e. The maximum absolute atomic E-state index is 13.0. The molecule has 0 aromatic heterocycles. The molecule has 4 rings (SSSR count). The third-order valence-electron chi connectivity index (χ3n) is 6.70. The van der Waals surface area contributed by atoms with Gasteiger partial charge in [0.05, 0.1) is 18.7 Å². The first kappa shape index (κ1) is 22.8. The van der Waals surface area contributed by atoms with Crippen LogP contribution in [0.25, 0.3) is 0 Å². The van der Waals surface area contributed by atoms with Crippen molar-refractivity contribution in [2.75, 3.05) is 26.2 Å². The first-order valence-electron chi connectivity index (χ1n) is 11.7. The Balaban J connectivity index is 1.55. The van der Waals surface area contributed by atoms with Gasteiger partial charge in [-0.05, 0) is 44.7 Å². The second-order valence-corrected chi connectivity index (χ2v) is 10.5. The minimum atomic E-state index is -0.548. The average molecular weight is 437 g/mol. The highest BCUT2D eigenvalue weighted by Crippen LogP contribution is 2.45. The summed E-state index contributed by atoms with van der Waals surface area (Å²) < 4.78 is 5.70. The van der Waals surface area contributed by atoms with Crippen LogP contribution < -0.4 is 0 Å². The van der Waals surface area contributed by atoms with E-state index in [2.05, 4.69) is 65.6 Å². The van der Waals surface area contributed by atoms with Crippen LogP contribution in [0.1, 0.15) is 57.2 Å². The zero-order chi connectivity index (χ0) is 22.8. The molecule has 1 amide bonds. The van der Waals surface area contributed by atoms with E-state index in [-0.39, 0.29) is 30.2 Å². The molecule has 2 fully saturated rings. The molecule has 2 aliphatic heterocycles. The van der Waals surface area contributed by atoms with Gasteiger partial charge >= 0.3 is 6.09 Å². The third-order valence-corrected chi connectivity index (χ3v) is 6.70. The molecule has 1 unspecified atom stereocenters. The fraction of sp³-hybridized carbons (Fsp3) is 0.519. The van der Waals surface area contributed by atoms with Crippen molar-refractivity contribution < 1.29 is 14.6 Å². The summed E-state index contributed by atoms with van der Waals surface area (Å²) in [6.45, 7) is 8.15. The lowest BCUT2D eigenvalue weighted by Gasteiger charge is -2.54. The average Bonchev–Trinajstić information content (AvgIpc) is 2.94. The fourth-order valence-corrected chi connectivity index (χ4v) is 5.30. The molecule has 1 spiro atoms. The fourth-order valence-electron chi connectivity index (χ4n) is 5.30. The number of carbonyl (C=O) groups excluding carboxylic acids is 1. The second-order valence-electron chi connectivity index (χ2n) is 10.5. The quantitative estimate of drug-likeness (QED) is 0.744. The lowest BCUT2D eigenvalue weighted by molar-refractivity contribution is -0.0554. The van der Waals surface area contributed by atoms with Crippen molar-refractivity contribution in [3.05, 3.63) is 71.8 Å². The standard InChI is InChI=1S/C27H36N2O3/c1-26(2,3)32-25(31)29-20-27(16-10-15-23(29)17-30)18-28(19-27)24(21-11-6-4-7-12-21)22-13-8-5-9-14-22/h4-9,11-14,23-24,30H,10,15-20H2,1-3H3. The van der Waals surface area contributed by atoms with Gasteiger partial charge < -0.3 is 14.7 Å². The van der Waals surface area contributed by atoms with E-state index in [1.165, 1.54) is 11.1 Å². The number of ether oxygens (including phenoxy) is 1. The number of benzene rings is 2. The zero-order valence-electron chi connectivity index (χ0n) is 19.5. The van der Waals surface area contributed by atoms with Crippen LogP contribution in [0.4, 0.5) is 4.79 Å². The molecule has 5 nitrogen and oxygen atoms in total. The first-order valence-corrected chi connectivity index (χ1v) is 11.7. The number of nitrogens with zero attached hydrogens (tertiary/aromatic N) is 2. The van der Waals surface area contributed by atoms with Crippen LogP contribution in [0.2, 0.25) is 0 Å². The number of hydrogen-bond acceptors (Lipinski definition) is 4. The summed E-state index contributed by atoms with van der Waals surface area (Å²) in [5.41, 5.74) is 2.08. The third kappa shape index (κ3) is 5.00. The van der Waals surface area contributed by atoms with Crippen LogP contribution in [0.15, 0.2) is 60.7 Å². The molecule has 2 aromatic carbocycles. The summed E-state index contributed by atoms with van der Waals surface area (Å²) in [6.07, 6.45) is 2.59. The summed E-state index contributed by atoms with van der Waals surface area (Å²) in [4.78, 5) is 17.3. The van der Waals surface area contributed by atoms with E-state index < -0.39 is 5.60 Å². The van der Waals surface area contributed by atoms with Crippen molar-refractivity contribution in [2.24, 2.45) is 5.41 Å². The molecule has 5 heteroatoms. The predicted octanol–water partition coefficient (Wildman–Crippen LogP) is 4.86. The van der Waals surface area contributed by atoms with Gasteiger partial charge in [-0.1, -0.05) is 67.1 Å². The molecule has 1 N–H and O–H groups in total. The minimum Gasteiger partial charge on any atom is -0.444 e. The normalized spacial score (nSPS) is 21.3. The Morgan fingerprint density at radius 2 is 1.59 bits per heavy atom. The molecule has 1 atom stereocenters. The number of likely N-dealkylation sites (tertiary alicyclic amines) is 2. The Labute approximate surface area is 192 Å². The Morgan fingerprint density at radius 3 is 2.09 bits per heavy atom. The Kier molecular flexibility index (Phi) is 6.59. The maximum atomic E-state index is 13.0. The van der Waals surface area contributed by atoms with Crippen LogP contribution in [-0.2, 0) is 4.74 Å². The van der Waals surface area contributed by atoms with E-state index in [1.54, 1.807) is 4.90 Å². The van der Waals surface area contributed by atoms with Gasteiger partial charge in [0, 0.05) is 25.0 Å². The molecule has 2 aliphatic rings. The van der Waals surface area contributed by atoms with Crippen molar-refractivity contribution in [2.45, 2.75) is 57.7 Å². The summed E-state index contributed by atoms with van der Waals surface area (Å²) in [5, 5.41) is 9.97. The number of hydrogen-bond donors (Lipinski definition) is 1. The monoisotopic (exact) mass is 436 g/mol. The smallest absolute Gasteiger partial charge is 0.410 e. The van der Waals surface area contributed by atoms with E-state index in [9.17, 15) is 9.90 Å². The first-order chi connectivity index (χ1) is 15.3. The molecular formula is C27H36N2O3. The summed E-state index contributed by atoms with van der Waals surface area (Å²) in [7, 11) is 0. The topological polar surface area (TPSA) is 53.0 Å². The van der Waals surface area contributed by atoms with Gasteiger partial charge in [-0.2, -0.15) is 0 Å². The summed E-state index contributed by atoms with van der Waals surface area (Å²) in [5.74, 6) is 0.